The van der Waals surface area contributed by atoms with Crippen molar-refractivity contribution in [3.05, 3.63) is 94.5 Å². The number of ether oxygens (including phenoxy) is 1. The monoisotopic (exact) mass is 405 g/mol. The van der Waals surface area contributed by atoms with Gasteiger partial charge in [-0.05, 0) is 48.0 Å². The molecule has 3 rings (SSSR count). The molecular formula is C21H15ClF3NO2. The zero-order valence-corrected chi connectivity index (χ0v) is 15.2. The van der Waals surface area contributed by atoms with Crippen molar-refractivity contribution in [2.75, 3.05) is 5.32 Å². The molecule has 7 heteroatoms. The van der Waals surface area contributed by atoms with Crippen molar-refractivity contribution in [2.24, 2.45) is 0 Å². The van der Waals surface area contributed by atoms with Gasteiger partial charge in [0.1, 0.15) is 12.4 Å². The highest BCUT2D eigenvalue weighted by Gasteiger charge is 2.30. The molecule has 0 heterocycles. The smallest absolute Gasteiger partial charge is 0.416 e. The summed E-state index contributed by atoms with van der Waals surface area (Å²) in [5.74, 6) is -0.219. The Hall–Kier alpha value is -2.99. The topological polar surface area (TPSA) is 38.3 Å². The van der Waals surface area contributed by atoms with Crippen LogP contribution < -0.4 is 10.1 Å². The Morgan fingerprint density at radius 2 is 1.64 bits per heavy atom. The van der Waals surface area contributed by atoms with E-state index in [0.717, 1.165) is 17.7 Å². The van der Waals surface area contributed by atoms with Crippen LogP contribution in [0.3, 0.4) is 0 Å². The van der Waals surface area contributed by atoms with Gasteiger partial charge in [0.05, 0.1) is 11.1 Å². The van der Waals surface area contributed by atoms with Gasteiger partial charge in [0.15, 0.2) is 0 Å². The Balaban J connectivity index is 1.76. The Morgan fingerprint density at radius 3 is 2.29 bits per heavy atom. The predicted molar refractivity (Wildman–Crippen MR) is 102 cm³/mol. The molecule has 0 radical (unpaired) electrons. The van der Waals surface area contributed by atoms with Gasteiger partial charge in [0.2, 0.25) is 0 Å². The number of anilines is 1. The summed E-state index contributed by atoms with van der Waals surface area (Å²) < 4.78 is 43.7. The van der Waals surface area contributed by atoms with Gasteiger partial charge >= 0.3 is 6.18 Å². The van der Waals surface area contributed by atoms with E-state index in [4.69, 9.17) is 16.3 Å². The van der Waals surface area contributed by atoms with Crippen LogP contribution >= 0.6 is 11.6 Å². The van der Waals surface area contributed by atoms with E-state index < -0.39 is 17.6 Å². The first-order chi connectivity index (χ1) is 13.3. The van der Waals surface area contributed by atoms with E-state index in [-0.39, 0.29) is 17.9 Å². The number of rotatable bonds is 5. The molecule has 28 heavy (non-hydrogen) atoms. The SMILES string of the molecule is O=C(Nc1ccc(C(F)(F)F)cc1)c1cc(Cl)ccc1OCc1ccccc1. The lowest BCUT2D eigenvalue weighted by Gasteiger charge is -2.13. The summed E-state index contributed by atoms with van der Waals surface area (Å²) in [5, 5.41) is 2.90. The van der Waals surface area contributed by atoms with Crippen molar-refractivity contribution in [2.45, 2.75) is 12.8 Å². The number of alkyl halides is 3. The predicted octanol–water partition coefficient (Wildman–Crippen LogP) is 6.19. The minimum atomic E-state index is -4.44. The average molecular weight is 406 g/mol. The normalized spacial score (nSPS) is 11.1. The molecule has 3 aromatic rings. The summed E-state index contributed by atoms with van der Waals surface area (Å²) >= 11 is 5.99. The quantitative estimate of drug-likeness (QED) is 0.549. The largest absolute Gasteiger partial charge is 0.488 e. The maximum atomic E-state index is 12.7. The van der Waals surface area contributed by atoms with E-state index in [9.17, 15) is 18.0 Å². The van der Waals surface area contributed by atoms with Gasteiger partial charge in [-0.15, -0.1) is 0 Å². The standard InChI is InChI=1S/C21H15ClF3NO2/c22-16-8-11-19(28-13-14-4-2-1-3-5-14)18(12-16)20(27)26-17-9-6-15(7-10-17)21(23,24)25/h1-12H,13H2,(H,26,27). The molecule has 0 aliphatic rings. The molecule has 0 unspecified atom stereocenters. The van der Waals surface area contributed by atoms with E-state index in [1.165, 1.54) is 18.2 Å². The minimum absolute atomic E-state index is 0.184. The summed E-state index contributed by atoms with van der Waals surface area (Å²) in [7, 11) is 0. The Kier molecular flexibility index (Phi) is 5.90. The summed E-state index contributed by atoms with van der Waals surface area (Å²) in [6.07, 6.45) is -4.44. The molecule has 0 aliphatic heterocycles. The first-order valence-electron chi connectivity index (χ1n) is 8.28. The van der Waals surface area contributed by atoms with Crippen LogP contribution in [0.15, 0.2) is 72.8 Å². The van der Waals surface area contributed by atoms with Crippen LogP contribution in [0.5, 0.6) is 5.75 Å². The Bertz CT molecular complexity index is 958. The summed E-state index contributed by atoms with van der Waals surface area (Å²) in [5.41, 5.74) is 0.544. The molecule has 0 aromatic heterocycles. The highest BCUT2D eigenvalue weighted by molar-refractivity contribution is 6.31. The van der Waals surface area contributed by atoms with Gasteiger partial charge in [0.25, 0.3) is 5.91 Å². The molecule has 0 atom stereocenters. The molecule has 0 bridgehead atoms. The number of amides is 1. The van der Waals surface area contributed by atoms with Crippen molar-refractivity contribution in [1.29, 1.82) is 0 Å². The Labute approximate surface area is 164 Å². The van der Waals surface area contributed by atoms with E-state index in [1.54, 1.807) is 12.1 Å². The molecule has 1 amide bonds. The maximum Gasteiger partial charge on any atom is 0.416 e. The summed E-state index contributed by atoms with van der Waals surface area (Å²) in [4.78, 5) is 12.6. The maximum absolute atomic E-state index is 12.7. The lowest BCUT2D eigenvalue weighted by molar-refractivity contribution is -0.137. The summed E-state index contributed by atoms with van der Waals surface area (Å²) in [6.45, 7) is 0.253. The molecule has 0 fully saturated rings. The second-order valence-corrected chi connectivity index (χ2v) is 6.38. The van der Waals surface area contributed by atoms with Crippen molar-refractivity contribution in [3.8, 4) is 5.75 Å². The van der Waals surface area contributed by atoms with Gasteiger partial charge in [-0.2, -0.15) is 13.2 Å². The van der Waals surface area contributed by atoms with Crippen LogP contribution in [0.4, 0.5) is 18.9 Å². The minimum Gasteiger partial charge on any atom is -0.488 e. The first-order valence-corrected chi connectivity index (χ1v) is 8.65. The van der Waals surface area contributed by atoms with Crippen LogP contribution in [0, 0.1) is 0 Å². The molecular weight excluding hydrogens is 391 g/mol. The second kappa shape index (κ2) is 8.35. The number of carbonyl (C=O) groups excluding carboxylic acids is 1. The molecule has 0 saturated heterocycles. The third-order valence-corrected chi connectivity index (χ3v) is 4.13. The third-order valence-electron chi connectivity index (χ3n) is 3.89. The molecule has 0 saturated carbocycles. The highest BCUT2D eigenvalue weighted by Crippen LogP contribution is 2.30. The van der Waals surface area contributed by atoms with Gasteiger partial charge in [-0.1, -0.05) is 41.9 Å². The first kappa shape index (κ1) is 19.8. The van der Waals surface area contributed by atoms with E-state index >= 15 is 0 Å². The summed E-state index contributed by atoms with van der Waals surface area (Å²) in [6, 6.07) is 18.2. The zero-order chi connectivity index (χ0) is 20.1. The van der Waals surface area contributed by atoms with Gasteiger partial charge in [-0.25, -0.2) is 0 Å². The van der Waals surface area contributed by atoms with Gasteiger partial charge in [-0.3, -0.25) is 4.79 Å². The number of halogens is 4. The highest BCUT2D eigenvalue weighted by atomic mass is 35.5. The number of nitrogens with one attached hydrogen (secondary N) is 1. The number of hydrogen-bond donors (Lipinski definition) is 1. The van der Waals surface area contributed by atoms with E-state index in [1.807, 2.05) is 30.3 Å². The third kappa shape index (κ3) is 5.04. The van der Waals surface area contributed by atoms with Crippen LogP contribution in [0.25, 0.3) is 0 Å². The van der Waals surface area contributed by atoms with Crippen LogP contribution in [-0.2, 0) is 12.8 Å². The number of benzene rings is 3. The molecule has 3 aromatic carbocycles. The van der Waals surface area contributed by atoms with Crippen molar-refractivity contribution in [3.63, 3.8) is 0 Å². The fraction of sp³-hybridized carbons (Fsp3) is 0.0952. The molecule has 0 aliphatic carbocycles. The Morgan fingerprint density at radius 1 is 0.964 bits per heavy atom. The van der Waals surface area contributed by atoms with Crippen molar-refractivity contribution in [1.82, 2.24) is 0 Å². The number of carbonyl (C=O) groups is 1. The van der Waals surface area contributed by atoms with Gasteiger partial charge in [0, 0.05) is 10.7 Å². The van der Waals surface area contributed by atoms with Crippen LogP contribution in [-0.4, -0.2) is 5.91 Å². The average Bonchev–Trinajstić information content (AvgIpc) is 2.67. The lowest BCUT2D eigenvalue weighted by atomic mass is 10.1. The van der Waals surface area contributed by atoms with Crippen LogP contribution in [0.2, 0.25) is 5.02 Å². The number of hydrogen-bond acceptors (Lipinski definition) is 2. The van der Waals surface area contributed by atoms with E-state index in [0.29, 0.717) is 10.8 Å². The molecule has 144 valence electrons. The van der Waals surface area contributed by atoms with Crippen LogP contribution in [0.1, 0.15) is 21.5 Å². The van der Waals surface area contributed by atoms with Gasteiger partial charge < -0.3 is 10.1 Å². The van der Waals surface area contributed by atoms with Crippen molar-refractivity contribution >= 4 is 23.2 Å². The lowest BCUT2D eigenvalue weighted by Crippen LogP contribution is -2.14. The van der Waals surface area contributed by atoms with Crippen molar-refractivity contribution < 1.29 is 22.7 Å². The van der Waals surface area contributed by atoms with E-state index in [2.05, 4.69) is 5.32 Å². The second-order valence-electron chi connectivity index (χ2n) is 5.94. The fourth-order valence-electron chi connectivity index (χ4n) is 2.48. The molecule has 0 spiro atoms. The zero-order valence-electron chi connectivity index (χ0n) is 14.5. The fourth-order valence-corrected chi connectivity index (χ4v) is 2.65. The molecule has 3 nitrogen and oxygen atoms in total. The molecule has 1 N–H and O–H groups in total.